The second-order valence-electron chi connectivity index (χ2n) is 6.73. The van der Waals surface area contributed by atoms with E-state index in [9.17, 15) is 4.79 Å². The first-order valence-electron chi connectivity index (χ1n) is 8.21. The van der Waals surface area contributed by atoms with Crippen LogP contribution in [0.3, 0.4) is 0 Å². The van der Waals surface area contributed by atoms with E-state index < -0.39 is 11.7 Å². The number of carbonyl (C=O) groups is 1. The van der Waals surface area contributed by atoms with Crippen LogP contribution in [0, 0.1) is 0 Å². The fraction of sp³-hybridized carbons (Fsp3) is 0.211. The number of halogens is 2. The van der Waals surface area contributed by atoms with Crippen LogP contribution < -0.4 is 0 Å². The van der Waals surface area contributed by atoms with E-state index in [1.807, 2.05) is 36.4 Å². The van der Waals surface area contributed by atoms with Gasteiger partial charge in [-0.3, -0.25) is 0 Å². The molecular weight excluding hydrogens is 387 g/mol. The summed E-state index contributed by atoms with van der Waals surface area (Å²) in [4.78, 5) is 23.0. The van der Waals surface area contributed by atoms with Crippen molar-refractivity contribution in [1.82, 2.24) is 19.5 Å². The van der Waals surface area contributed by atoms with Gasteiger partial charge in [-0.15, -0.1) is 0 Å². The Bertz CT molecular complexity index is 1060. The van der Waals surface area contributed by atoms with Crippen LogP contribution in [0.1, 0.15) is 20.8 Å². The second kappa shape index (κ2) is 7.58. The van der Waals surface area contributed by atoms with Crippen LogP contribution in [-0.4, -0.2) is 31.2 Å². The molecule has 27 heavy (non-hydrogen) atoms. The molecule has 0 saturated carbocycles. The quantitative estimate of drug-likeness (QED) is 0.408. The Balaban J connectivity index is 0.000000177. The van der Waals surface area contributed by atoms with Gasteiger partial charge < -0.3 is 9.72 Å². The van der Waals surface area contributed by atoms with E-state index in [0.717, 1.165) is 11.0 Å². The summed E-state index contributed by atoms with van der Waals surface area (Å²) in [6.07, 6.45) is -0.517. The zero-order valence-corrected chi connectivity index (χ0v) is 16.5. The molecule has 4 aromatic rings. The van der Waals surface area contributed by atoms with Gasteiger partial charge in [0.15, 0.2) is 0 Å². The Morgan fingerprint density at radius 1 is 1.00 bits per heavy atom. The molecule has 0 aliphatic rings. The van der Waals surface area contributed by atoms with E-state index >= 15 is 0 Å². The predicted octanol–water partition coefficient (Wildman–Crippen LogP) is 5.69. The average molecular weight is 405 g/mol. The van der Waals surface area contributed by atoms with Crippen LogP contribution in [0.4, 0.5) is 4.79 Å². The summed E-state index contributed by atoms with van der Waals surface area (Å²) >= 11 is 11.6. The lowest BCUT2D eigenvalue weighted by Gasteiger charge is -2.19. The van der Waals surface area contributed by atoms with E-state index in [-0.39, 0.29) is 5.28 Å². The number of rotatable bonds is 0. The summed E-state index contributed by atoms with van der Waals surface area (Å²) in [5.74, 6) is 0. The van der Waals surface area contributed by atoms with Gasteiger partial charge >= 0.3 is 6.09 Å². The highest BCUT2D eigenvalue weighted by atomic mass is 35.5. The minimum atomic E-state index is -0.564. The van der Waals surface area contributed by atoms with Gasteiger partial charge in [-0.1, -0.05) is 24.3 Å². The molecule has 0 aliphatic heterocycles. The Hall–Kier alpha value is -2.57. The van der Waals surface area contributed by atoms with E-state index in [0.29, 0.717) is 16.3 Å². The van der Waals surface area contributed by atoms with Crippen molar-refractivity contribution in [2.45, 2.75) is 26.4 Å². The van der Waals surface area contributed by atoms with Crippen molar-refractivity contribution in [2.75, 3.05) is 0 Å². The summed E-state index contributed by atoms with van der Waals surface area (Å²) in [6.45, 7) is 5.41. The molecule has 0 saturated heterocycles. The number of carbonyl (C=O) groups excluding carboxylic acids is 1. The molecule has 0 spiro atoms. The highest BCUT2D eigenvalue weighted by Crippen LogP contribution is 2.21. The molecule has 2 aromatic heterocycles. The standard InChI is InChI=1S/C12H13ClN2O2.C7H5ClN2/c1-12(2,3)17-11(16)15-9-7-5-4-6-8(9)14-10(15)13;8-7-9-5-3-1-2-4-6(5)10-7/h4-7H,1-3H3;1-4H,(H,9,10). The molecule has 0 amide bonds. The van der Waals surface area contributed by atoms with Gasteiger partial charge in [-0.05, 0) is 68.2 Å². The summed E-state index contributed by atoms with van der Waals surface area (Å²) in [6, 6.07) is 15.0. The molecule has 8 heteroatoms. The van der Waals surface area contributed by atoms with Crippen molar-refractivity contribution < 1.29 is 9.53 Å². The second-order valence-corrected chi connectivity index (χ2v) is 7.43. The van der Waals surface area contributed by atoms with Crippen molar-refractivity contribution in [3.05, 3.63) is 59.1 Å². The van der Waals surface area contributed by atoms with Crippen molar-refractivity contribution in [3.63, 3.8) is 0 Å². The molecule has 6 nitrogen and oxygen atoms in total. The van der Waals surface area contributed by atoms with E-state index in [4.69, 9.17) is 27.9 Å². The number of aromatic nitrogens is 4. The van der Waals surface area contributed by atoms with Gasteiger partial charge in [-0.2, -0.15) is 0 Å². The molecule has 0 fully saturated rings. The molecule has 0 atom stereocenters. The van der Waals surface area contributed by atoms with Gasteiger partial charge in [0.05, 0.1) is 22.1 Å². The van der Waals surface area contributed by atoms with Crippen LogP contribution in [0.2, 0.25) is 10.6 Å². The minimum absolute atomic E-state index is 0.112. The van der Waals surface area contributed by atoms with Crippen molar-refractivity contribution >= 4 is 51.4 Å². The number of fused-ring (bicyclic) bond motifs is 2. The summed E-state index contributed by atoms with van der Waals surface area (Å²) in [5.41, 5.74) is 2.64. The molecule has 1 N–H and O–H groups in total. The Labute approximate surface area is 166 Å². The topological polar surface area (TPSA) is 72.8 Å². The normalized spacial score (nSPS) is 11.3. The third-order valence-corrected chi connectivity index (χ3v) is 3.89. The number of ether oxygens (including phenoxy) is 1. The van der Waals surface area contributed by atoms with E-state index in [2.05, 4.69) is 15.0 Å². The van der Waals surface area contributed by atoms with Crippen LogP contribution in [0.15, 0.2) is 48.5 Å². The maximum absolute atomic E-state index is 12.0. The molecular formula is C19H18Cl2N4O2. The fourth-order valence-corrected chi connectivity index (χ4v) is 2.84. The van der Waals surface area contributed by atoms with Gasteiger partial charge in [0.25, 0.3) is 0 Å². The van der Waals surface area contributed by atoms with Crippen molar-refractivity contribution in [2.24, 2.45) is 0 Å². The first-order valence-corrected chi connectivity index (χ1v) is 8.97. The number of nitrogens with one attached hydrogen (secondary N) is 1. The number of aromatic amines is 1. The highest BCUT2D eigenvalue weighted by molar-refractivity contribution is 6.30. The number of nitrogens with zero attached hydrogens (tertiary/aromatic N) is 3. The predicted molar refractivity (Wildman–Crippen MR) is 107 cm³/mol. The number of hydrogen-bond donors (Lipinski definition) is 1. The third-order valence-electron chi connectivity index (χ3n) is 3.46. The zero-order valence-electron chi connectivity index (χ0n) is 15.0. The molecule has 4 rings (SSSR count). The molecule has 140 valence electrons. The fourth-order valence-electron chi connectivity index (χ4n) is 2.40. The average Bonchev–Trinajstić information content (AvgIpc) is 3.11. The lowest BCUT2D eigenvalue weighted by atomic mass is 10.2. The van der Waals surface area contributed by atoms with Crippen LogP contribution in [-0.2, 0) is 4.74 Å². The van der Waals surface area contributed by atoms with Gasteiger partial charge in [0.2, 0.25) is 10.6 Å². The van der Waals surface area contributed by atoms with E-state index in [1.165, 1.54) is 4.57 Å². The minimum Gasteiger partial charge on any atom is -0.443 e. The molecule has 0 aliphatic carbocycles. The number of benzene rings is 2. The van der Waals surface area contributed by atoms with Crippen molar-refractivity contribution in [1.29, 1.82) is 0 Å². The summed E-state index contributed by atoms with van der Waals surface area (Å²) < 4.78 is 6.54. The van der Waals surface area contributed by atoms with Crippen LogP contribution >= 0.6 is 23.2 Å². The highest BCUT2D eigenvalue weighted by Gasteiger charge is 2.22. The Morgan fingerprint density at radius 3 is 2.30 bits per heavy atom. The number of para-hydroxylation sites is 4. The Kier molecular flexibility index (Phi) is 5.39. The lowest BCUT2D eigenvalue weighted by molar-refractivity contribution is 0.0544. The van der Waals surface area contributed by atoms with Crippen molar-refractivity contribution in [3.8, 4) is 0 Å². The van der Waals surface area contributed by atoms with Crippen LogP contribution in [0.5, 0.6) is 0 Å². The molecule has 2 heterocycles. The molecule has 2 aromatic carbocycles. The SMILES string of the molecule is CC(C)(C)OC(=O)n1c(Cl)nc2ccccc21.Clc1nc2ccccc2[nH]1. The number of imidazole rings is 2. The third kappa shape index (κ3) is 4.59. The molecule has 0 unspecified atom stereocenters. The van der Waals surface area contributed by atoms with Gasteiger partial charge in [0.1, 0.15) is 5.60 Å². The number of hydrogen-bond acceptors (Lipinski definition) is 4. The smallest absolute Gasteiger partial charge is 0.421 e. The van der Waals surface area contributed by atoms with Gasteiger partial charge in [-0.25, -0.2) is 19.3 Å². The number of H-pyrrole nitrogens is 1. The monoisotopic (exact) mass is 404 g/mol. The first kappa shape index (κ1) is 19.2. The lowest BCUT2D eigenvalue weighted by Crippen LogP contribution is -2.27. The summed E-state index contributed by atoms with van der Waals surface area (Å²) in [7, 11) is 0. The maximum Gasteiger partial charge on any atom is 0.421 e. The van der Waals surface area contributed by atoms with Gasteiger partial charge in [0, 0.05) is 0 Å². The molecule has 0 bridgehead atoms. The Morgan fingerprint density at radius 2 is 1.63 bits per heavy atom. The zero-order chi connectivity index (χ0) is 19.6. The maximum atomic E-state index is 12.0. The summed E-state index contributed by atoms with van der Waals surface area (Å²) in [5, 5.41) is 0.557. The largest absolute Gasteiger partial charge is 0.443 e. The van der Waals surface area contributed by atoms with E-state index in [1.54, 1.807) is 32.9 Å². The molecule has 0 radical (unpaired) electrons. The first-order chi connectivity index (χ1) is 12.7. The van der Waals surface area contributed by atoms with Crippen LogP contribution in [0.25, 0.3) is 22.1 Å².